The zero-order valence-corrected chi connectivity index (χ0v) is 23.0. The zero-order chi connectivity index (χ0) is 27.8. The number of benzene rings is 6. The second-order valence-electron chi connectivity index (χ2n) is 11.1. The molecule has 0 fully saturated rings. The average Bonchev–Trinajstić information content (AvgIpc) is 3.66. The molecule has 2 aromatic heterocycles. The Morgan fingerprint density at radius 2 is 1.07 bits per heavy atom. The summed E-state index contributed by atoms with van der Waals surface area (Å²) in [5, 5.41) is 5.08. The topological polar surface area (TPSA) is 35.9 Å². The molecule has 3 nitrogen and oxygen atoms in total. The summed E-state index contributed by atoms with van der Waals surface area (Å²) in [7, 11) is 0. The molecule has 0 bridgehead atoms. The second-order valence-corrected chi connectivity index (χ2v) is 11.1. The molecule has 42 heavy (non-hydrogen) atoms. The summed E-state index contributed by atoms with van der Waals surface area (Å²) in [6, 6.07) is 47.9. The Balaban J connectivity index is 1.24. The summed E-state index contributed by atoms with van der Waals surface area (Å²) < 4.78 is 4.83. The van der Waals surface area contributed by atoms with Gasteiger partial charge in [0.25, 0.3) is 0 Å². The van der Waals surface area contributed by atoms with Crippen LogP contribution >= 0.6 is 0 Å². The van der Waals surface area contributed by atoms with E-state index < -0.39 is 0 Å². The van der Waals surface area contributed by atoms with Gasteiger partial charge >= 0.3 is 0 Å². The molecule has 0 atom stereocenters. The number of hydrogen-bond donors (Lipinski definition) is 1. The number of hydrogen-bond acceptors (Lipinski definition) is 1. The normalized spacial score (nSPS) is 13.5. The van der Waals surface area contributed by atoms with E-state index in [0.717, 1.165) is 17.8 Å². The molecule has 2 N–H and O–H groups in total. The van der Waals surface area contributed by atoms with E-state index in [2.05, 4.69) is 143 Å². The van der Waals surface area contributed by atoms with Gasteiger partial charge in [-0.2, -0.15) is 0 Å². The first-order chi connectivity index (χ1) is 20.8. The van der Waals surface area contributed by atoms with E-state index in [1.54, 1.807) is 0 Å². The molecule has 0 radical (unpaired) electrons. The fraction of sp³-hybridized carbons (Fsp3) is 0.0256. The molecular weight excluding hydrogens is 510 g/mol. The first kappa shape index (κ1) is 23.2. The lowest BCUT2D eigenvalue weighted by Crippen LogP contribution is -1.98. The number of nitrogen functional groups attached to an aromatic ring is 1. The Morgan fingerprint density at radius 1 is 0.500 bits per heavy atom. The Bertz CT molecular complexity index is 2350. The number of rotatable bonds is 3. The van der Waals surface area contributed by atoms with Gasteiger partial charge in [0.1, 0.15) is 0 Å². The summed E-state index contributed by atoms with van der Waals surface area (Å²) in [4.78, 5) is 0. The van der Waals surface area contributed by atoms with Gasteiger partial charge in [0.15, 0.2) is 0 Å². The lowest BCUT2D eigenvalue weighted by Gasteiger charge is -2.10. The van der Waals surface area contributed by atoms with Crippen molar-refractivity contribution in [2.24, 2.45) is 0 Å². The van der Waals surface area contributed by atoms with Crippen LogP contribution in [0.25, 0.3) is 66.0 Å². The van der Waals surface area contributed by atoms with Crippen LogP contribution in [0.3, 0.4) is 0 Å². The monoisotopic (exact) mass is 537 g/mol. The van der Waals surface area contributed by atoms with E-state index in [9.17, 15) is 0 Å². The minimum atomic E-state index is 0.746. The smallest absolute Gasteiger partial charge is 0.0541 e. The Morgan fingerprint density at radius 3 is 1.81 bits per heavy atom. The van der Waals surface area contributed by atoms with Crippen molar-refractivity contribution >= 4 is 54.9 Å². The molecule has 8 aromatic rings. The zero-order valence-electron chi connectivity index (χ0n) is 23.0. The van der Waals surface area contributed by atoms with Crippen molar-refractivity contribution in [1.29, 1.82) is 0 Å². The minimum Gasteiger partial charge on any atom is -0.398 e. The standard InChI is InChI=1S/C39H27N3/c40-34-16-9-15-31-26-10-1-2-11-27(26)32(39(31)34)22-23-41-35-17-6-3-14-30(35)33-24-25(20-21-36(33)41)42-37-18-7-4-12-28(37)29-13-5-8-19-38(29)42/h1-22,24H,23,40H2/b32-22-. The van der Waals surface area contributed by atoms with Crippen LogP contribution in [0.4, 0.5) is 5.69 Å². The SMILES string of the molecule is Nc1cccc2c1/C(=C\Cn1c3ccccc3c3cc(-n4c5ccccc5c5ccccc54)ccc31)c1ccccc1-2. The van der Waals surface area contributed by atoms with E-state index in [-0.39, 0.29) is 0 Å². The largest absolute Gasteiger partial charge is 0.398 e. The second kappa shape index (κ2) is 8.73. The number of anilines is 1. The van der Waals surface area contributed by atoms with Crippen LogP contribution in [0.1, 0.15) is 11.1 Å². The van der Waals surface area contributed by atoms with E-state index in [1.165, 1.54) is 71.6 Å². The number of fused-ring (bicyclic) bond motifs is 9. The molecule has 1 aliphatic carbocycles. The Kier molecular flexibility index (Phi) is 4.82. The number of allylic oxidation sites excluding steroid dienone is 1. The molecule has 1 aliphatic rings. The maximum atomic E-state index is 6.56. The van der Waals surface area contributed by atoms with Crippen LogP contribution in [0.2, 0.25) is 0 Å². The summed E-state index contributed by atoms with van der Waals surface area (Å²) in [6.45, 7) is 0.746. The van der Waals surface area contributed by atoms with Gasteiger partial charge in [0, 0.05) is 56.1 Å². The van der Waals surface area contributed by atoms with Crippen LogP contribution in [0.5, 0.6) is 0 Å². The van der Waals surface area contributed by atoms with Crippen LogP contribution in [0.15, 0.2) is 140 Å². The van der Waals surface area contributed by atoms with Gasteiger partial charge in [0.2, 0.25) is 0 Å². The molecule has 0 saturated heterocycles. The Labute approximate surface area is 243 Å². The van der Waals surface area contributed by atoms with Gasteiger partial charge in [-0.1, -0.05) is 97.1 Å². The highest BCUT2D eigenvalue weighted by atomic mass is 15.0. The number of aromatic nitrogens is 2. The first-order valence-electron chi connectivity index (χ1n) is 14.5. The highest BCUT2D eigenvalue weighted by molar-refractivity contribution is 6.12. The van der Waals surface area contributed by atoms with Crippen molar-refractivity contribution in [2.45, 2.75) is 6.54 Å². The molecule has 0 spiro atoms. The number of nitrogens with two attached hydrogens (primary N) is 1. The lowest BCUT2D eigenvalue weighted by molar-refractivity contribution is 0.900. The van der Waals surface area contributed by atoms with Gasteiger partial charge in [-0.25, -0.2) is 0 Å². The molecule has 6 aromatic carbocycles. The van der Waals surface area contributed by atoms with Crippen molar-refractivity contribution in [3.63, 3.8) is 0 Å². The molecule has 0 aliphatic heterocycles. The van der Waals surface area contributed by atoms with Crippen molar-refractivity contribution in [3.8, 4) is 16.8 Å². The van der Waals surface area contributed by atoms with Crippen LogP contribution in [-0.2, 0) is 6.54 Å². The highest BCUT2D eigenvalue weighted by Gasteiger charge is 2.25. The maximum Gasteiger partial charge on any atom is 0.0541 e. The quantitative estimate of drug-likeness (QED) is 0.224. The predicted molar refractivity (Wildman–Crippen MR) is 177 cm³/mol. The van der Waals surface area contributed by atoms with Gasteiger partial charge in [0.05, 0.1) is 11.0 Å². The Hall–Kier alpha value is -5.54. The first-order valence-corrected chi connectivity index (χ1v) is 14.5. The molecular formula is C39H27N3. The van der Waals surface area contributed by atoms with Crippen molar-refractivity contribution in [2.75, 3.05) is 5.73 Å². The van der Waals surface area contributed by atoms with Crippen LogP contribution < -0.4 is 5.73 Å². The third-order valence-electron chi connectivity index (χ3n) is 8.95. The van der Waals surface area contributed by atoms with Crippen molar-refractivity contribution in [1.82, 2.24) is 9.13 Å². The van der Waals surface area contributed by atoms with Crippen molar-refractivity contribution < 1.29 is 0 Å². The van der Waals surface area contributed by atoms with Gasteiger partial charge in [-0.15, -0.1) is 0 Å². The van der Waals surface area contributed by atoms with Crippen LogP contribution in [-0.4, -0.2) is 9.13 Å². The van der Waals surface area contributed by atoms with E-state index >= 15 is 0 Å². The molecule has 2 heterocycles. The van der Waals surface area contributed by atoms with E-state index in [4.69, 9.17) is 5.73 Å². The molecule has 0 amide bonds. The molecule has 0 unspecified atom stereocenters. The maximum absolute atomic E-state index is 6.56. The van der Waals surface area contributed by atoms with Gasteiger partial charge in [-0.05, 0) is 64.7 Å². The fourth-order valence-corrected chi connectivity index (χ4v) is 7.16. The fourth-order valence-electron chi connectivity index (χ4n) is 7.16. The summed E-state index contributed by atoms with van der Waals surface area (Å²) in [5.41, 5.74) is 19.6. The van der Waals surface area contributed by atoms with E-state index in [0.29, 0.717) is 0 Å². The average molecular weight is 538 g/mol. The molecule has 9 rings (SSSR count). The van der Waals surface area contributed by atoms with Crippen molar-refractivity contribution in [3.05, 3.63) is 151 Å². The summed E-state index contributed by atoms with van der Waals surface area (Å²) >= 11 is 0. The third-order valence-corrected chi connectivity index (χ3v) is 8.95. The third kappa shape index (κ3) is 3.16. The van der Waals surface area contributed by atoms with Crippen LogP contribution in [0, 0.1) is 0 Å². The molecule has 0 saturated carbocycles. The van der Waals surface area contributed by atoms with E-state index in [1.807, 2.05) is 6.07 Å². The molecule has 3 heteroatoms. The van der Waals surface area contributed by atoms with Gasteiger partial charge in [-0.3, -0.25) is 0 Å². The number of nitrogens with zero attached hydrogens (tertiary/aromatic N) is 2. The molecule has 198 valence electrons. The number of para-hydroxylation sites is 3. The minimum absolute atomic E-state index is 0.746. The summed E-state index contributed by atoms with van der Waals surface area (Å²) in [6.07, 6.45) is 2.35. The summed E-state index contributed by atoms with van der Waals surface area (Å²) in [5.74, 6) is 0. The van der Waals surface area contributed by atoms with Gasteiger partial charge < -0.3 is 14.9 Å². The highest BCUT2D eigenvalue weighted by Crippen LogP contribution is 2.47. The predicted octanol–water partition coefficient (Wildman–Crippen LogP) is 9.59. The lowest BCUT2D eigenvalue weighted by atomic mass is 10.0.